The fourth-order valence-electron chi connectivity index (χ4n) is 2.44. The molecule has 3 rings (SSSR count). The molecule has 26 heavy (non-hydrogen) atoms. The lowest BCUT2D eigenvalue weighted by atomic mass is 10.1. The minimum Gasteiger partial charge on any atom is -0.479 e. The molecule has 0 amide bonds. The van der Waals surface area contributed by atoms with Gasteiger partial charge in [0.25, 0.3) is 0 Å². The monoisotopic (exact) mass is 375 g/mol. The van der Waals surface area contributed by atoms with Crippen molar-refractivity contribution >= 4 is 22.9 Å². The Morgan fingerprint density at radius 1 is 1.04 bits per heavy atom. The number of alkyl halides is 6. The average Bonchev–Trinajstić information content (AvgIpc) is 2.96. The number of aromatic nitrogens is 1. The summed E-state index contributed by atoms with van der Waals surface area (Å²) in [6.07, 6.45) is -9.57. The van der Waals surface area contributed by atoms with Gasteiger partial charge in [0.1, 0.15) is 11.4 Å². The van der Waals surface area contributed by atoms with Crippen LogP contribution in [0.3, 0.4) is 0 Å². The summed E-state index contributed by atoms with van der Waals surface area (Å²) >= 11 is 0. The minimum atomic E-state index is -4.58. The van der Waals surface area contributed by atoms with Crippen molar-refractivity contribution in [3.05, 3.63) is 41.5 Å². The maximum atomic E-state index is 12.8. The van der Waals surface area contributed by atoms with E-state index in [1.165, 1.54) is 25.3 Å². The van der Waals surface area contributed by atoms with Crippen LogP contribution in [-0.2, 0) is 12.6 Å². The van der Waals surface area contributed by atoms with E-state index in [-0.39, 0.29) is 28.6 Å². The number of halogens is 6. The molecule has 1 aliphatic rings. The van der Waals surface area contributed by atoms with Crippen molar-refractivity contribution in [3.8, 4) is 5.88 Å². The van der Waals surface area contributed by atoms with E-state index < -0.39 is 30.0 Å². The van der Waals surface area contributed by atoms with Crippen molar-refractivity contribution in [1.82, 2.24) is 4.98 Å². The van der Waals surface area contributed by atoms with Crippen molar-refractivity contribution in [2.24, 2.45) is 4.99 Å². The highest BCUT2D eigenvalue weighted by atomic mass is 19.4. The van der Waals surface area contributed by atoms with Crippen LogP contribution in [0.5, 0.6) is 5.88 Å². The molecule has 0 unspecified atom stereocenters. The zero-order valence-corrected chi connectivity index (χ0v) is 13.2. The van der Waals surface area contributed by atoms with Gasteiger partial charge in [-0.15, -0.1) is 0 Å². The van der Waals surface area contributed by atoms with E-state index >= 15 is 0 Å². The van der Waals surface area contributed by atoms with Crippen molar-refractivity contribution < 1.29 is 31.1 Å². The molecule has 0 aliphatic carbocycles. The number of methoxy groups -OCH3 is 1. The first kappa shape index (κ1) is 18.0. The fourth-order valence-corrected chi connectivity index (χ4v) is 2.44. The predicted molar refractivity (Wildman–Crippen MR) is 82.4 cm³/mol. The number of fused-ring (bicyclic) bond motifs is 1. The molecule has 2 heterocycles. The number of anilines is 2. The number of rotatable bonds is 3. The first-order chi connectivity index (χ1) is 12.1. The van der Waals surface area contributed by atoms with Gasteiger partial charge in [-0.2, -0.15) is 31.3 Å². The molecule has 2 aromatic rings. The van der Waals surface area contributed by atoms with Crippen molar-refractivity contribution in [3.63, 3.8) is 0 Å². The van der Waals surface area contributed by atoms with Crippen LogP contribution in [0.4, 0.5) is 43.5 Å². The number of pyridine rings is 1. The standard InChI is InChI=1S/C16H11F6N3O/c1-26-14-11(23-10-4-2-3-9(7-10)15(17,18)19)5-8-6-12(16(20,21)22)24-13(8)25-14/h2-5,7,23H,6H2,1H3. The lowest BCUT2D eigenvalue weighted by Crippen LogP contribution is -2.22. The van der Waals surface area contributed by atoms with E-state index in [4.69, 9.17) is 4.74 Å². The van der Waals surface area contributed by atoms with Crippen LogP contribution >= 0.6 is 0 Å². The molecule has 138 valence electrons. The van der Waals surface area contributed by atoms with E-state index in [1.54, 1.807) is 0 Å². The second kappa shape index (κ2) is 6.19. The van der Waals surface area contributed by atoms with Crippen LogP contribution in [0.25, 0.3) is 0 Å². The van der Waals surface area contributed by atoms with Gasteiger partial charge in [-0.1, -0.05) is 6.07 Å². The highest BCUT2D eigenvalue weighted by Crippen LogP contribution is 2.38. The summed E-state index contributed by atoms with van der Waals surface area (Å²) in [5, 5.41) is 2.70. The van der Waals surface area contributed by atoms with Crippen LogP contribution in [-0.4, -0.2) is 24.0 Å². The number of aliphatic imine (C=N–C) groups is 1. The van der Waals surface area contributed by atoms with E-state index in [2.05, 4.69) is 15.3 Å². The summed E-state index contributed by atoms with van der Waals surface area (Å²) in [7, 11) is 1.25. The highest BCUT2D eigenvalue weighted by molar-refractivity contribution is 5.97. The largest absolute Gasteiger partial charge is 0.479 e. The summed E-state index contributed by atoms with van der Waals surface area (Å²) in [5.74, 6) is -0.197. The van der Waals surface area contributed by atoms with Crippen molar-refractivity contribution in [2.45, 2.75) is 18.8 Å². The van der Waals surface area contributed by atoms with E-state index in [1.807, 2.05) is 0 Å². The quantitative estimate of drug-likeness (QED) is 0.765. The maximum Gasteiger partial charge on any atom is 0.429 e. The summed E-state index contributed by atoms with van der Waals surface area (Å²) < 4.78 is 81.8. The van der Waals surface area contributed by atoms with Crippen molar-refractivity contribution in [1.29, 1.82) is 0 Å². The average molecular weight is 375 g/mol. The molecule has 0 spiro atoms. The summed E-state index contributed by atoms with van der Waals surface area (Å²) in [6.45, 7) is 0. The minimum absolute atomic E-state index is 0.0756. The summed E-state index contributed by atoms with van der Waals surface area (Å²) in [4.78, 5) is 7.36. The molecule has 0 atom stereocenters. The first-order valence-corrected chi connectivity index (χ1v) is 7.25. The van der Waals surface area contributed by atoms with Gasteiger partial charge >= 0.3 is 12.4 Å². The molecule has 1 N–H and O–H groups in total. The van der Waals surface area contributed by atoms with Gasteiger partial charge in [0, 0.05) is 17.7 Å². The number of hydrogen-bond acceptors (Lipinski definition) is 4. The number of benzene rings is 1. The summed E-state index contributed by atoms with van der Waals surface area (Å²) in [5.41, 5.74) is -1.41. The molecule has 0 radical (unpaired) electrons. The third-order valence-corrected chi connectivity index (χ3v) is 3.63. The molecule has 10 heteroatoms. The second-order valence-electron chi connectivity index (χ2n) is 5.46. The number of ether oxygens (including phenoxy) is 1. The Hall–Kier alpha value is -2.78. The number of nitrogens with zero attached hydrogens (tertiary/aromatic N) is 2. The molecule has 0 saturated heterocycles. The molecule has 1 aliphatic heterocycles. The predicted octanol–water partition coefficient (Wildman–Crippen LogP) is 5.04. The maximum absolute atomic E-state index is 12.8. The first-order valence-electron chi connectivity index (χ1n) is 7.25. The third kappa shape index (κ3) is 3.58. The van der Waals surface area contributed by atoms with Gasteiger partial charge in [0.2, 0.25) is 5.88 Å². The molecular formula is C16H11F6N3O. The fraction of sp³-hybridized carbons (Fsp3) is 0.250. The normalized spacial score (nSPS) is 14.0. The third-order valence-electron chi connectivity index (χ3n) is 3.63. The van der Waals surface area contributed by atoms with Crippen LogP contribution in [0, 0.1) is 0 Å². The van der Waals surface area contributed by atoms with E-state index in [0.29, 0.717) is 0 Å². The van der Waals surface area contributed by atoms with Crippen LogP contribution in [0.2, 0.25) is 0 Å². The Kier molecular flexibility index (Phi) is 4.29. The molecular weight excluding hydrogens is 364 g/mol. The summed E-state index contributed by atoms with van der Waals surface area (Å²) in [6, 6.07) is 5.73. The highest BCUT2D eigenvalue weighted by Gasteiger charge is 2.39. The molecule has 0 bridgehead atoms. The molecule has 0 saturated carbocycles. The smallest absolute Gasteiger partial charge is 0.429 e. The Morgan fingerprint density at radius 3 is 2.38 bits per heavy atom. The van der Waals surface area contributed by atoms with Gasteiger partial charge in [-0.25, -0.2) is 4.99 Å². The lowest BCUT2D eigenvalue weighted by Gasteiger charge is -2.13. The lowest BCUT2D eigenvalue weighted by molar-refractivity contribution is -0.137. The van der Waals surface area contributed by atoms with Gasteiger partial charge in [-0.05, 0) is 24.3 Å². The molecule has 0 fully saturated rings. The van der Waals surface area contributed by atoms with Gasteiger partial charge in [-0.3, -0.25) is 0 Å². The zero-order chi connectivity index (χ0) is 19.1. The van der Waals surface area contributed by atoms with Gasteiger partial charge < -0.3 is 10.1 Å². The Bertz CT molecular complexity index is 873. The van der Waals surface area contributed by atoms with E-state index in [9.17, 15) is 26.3 Å². The number of nitrogens with one attached hydrogen (secondary N) is 1. The van der Waals surface area contributed by atoms with Gasteiger partial charge in [0.15, 0.2) is 5.82 Å². The van der Waals surface area contributed by atoms with Crippen LogP contribution in [0.1, 0.15) is 11.1 Å². The molecule has 1 aromatic heterocycles. The number of hydrogen-bond donors (Lipinski definition) is 1. The SMILES string of the molecule is COc1nc2c(cc1Nc1cccc(C(F)(F)F)c1)CC(C(F)(F)F)=N2. The zero-order valence-electron chi connectivity index (χ0n) is 13.2. The Balaban J connectivity index is 1.93. The van der Waals surface area contributed by atoms with Gasteiger partial charge in [0.05, 0.1) is 12.7 Å². The Labute approximate surface area is 143 Å². The van der Waals surface area contributed by atoms with Crippen LogP contribution in [0.15, 0.2) is 35.3 Å². The molecule has 1 aromatic carbocycles. The van der Waals surface area contributed by atoms with E-state index in [0.717, 1.165) is 12.1 Å². The molecule has 4 nitrogen and oxygen atoms in total. The second-order valence-corrected chi connectivity index (χ2v) is 5.46. The topological polar surface area (TPSA) is 46.5 Å². The Morgan fingerprint density at radius 2 is 1.77 bits per heavy atom. The van der Waals surface area contributed by atoms with Crippen molar-refractivity contribution in [2.75, 3.05) is 12.4 Å². The van der Waals surface area contributed by atoms with Crippen LogP contribution < -0.4 is 10.1 Å².